The van der Waals surface area contributed by atoms with Gasteiger partial charge in [-0.25, -0.2) is 0 Å². The van der Waals surface area contributed by atoms with Crippen molar-refractivity contribution in [1.82, 2.24) is 0 Å². The standard InChI is InChI=1S/C20H19BrClNO2/c1-3-9-25-20-12-18(21)15(11-19(20)24-4-2)10-16(13-23)14-5-7-17(22)8-6-14/h5-8,10-12H,3-4,9H2,1-2H3/b16-10+. The molecule has 0 saturated heterocycles. The lowest BCUT2D eigenvalue weighted by Crippen LogP contribution is -2.00. The summed E-state index contributed by atoms with van der Waals surface area (Å²) in [6.07, 6.45) is 2.74. The van der Waals surface area contributed by atoms with Gasteiger partial charge in [0.1, 0.15) is 0 Å². The van der Waals surface area contributed by atoms with Gasteiger partial charge in [-0.05, 0) is 54.8 Å². The third kappa shape index (κ3) is 5.26. The van der Waals surface area contributed by atoms with Crippen molar-refractivity contribution in [1.29, 1.82) is 5.26 Å². The number of ether oxygens (including phenoxy) is 2. The molecule has 0 heterocycles. The Morgan fingerprint density at radius 3 is 2.44 bits per heavy atom. The molecule has 2 rings (SSSR count). The fourth-order valence-electron chi connectivity index (χ4n) is 2.22. The van der Waals surface area contributed by atoms with E-state index in [1.54, 1.807) is 12.1 Å². The molecule has 5 heteroatoms. The second kappa shape index (κ2) is 9.50. The van der Waals surface area contributed by atoms with Gasteiger partial charge in [-0.2, -0.15) is 5.26 Å². The lowest BCUT2D eigenvalue weighted by atomic mass is 10.0. The summed E-state index contributed by atoms with van der Waals surface area (Å²) in [5.41, 5.74) is 2.20. The van der Waals surface area contributed by atoms with Crippen LogP contribution in [0.5, 0.6) is 11.5 Å². The predicted molar refractivity (Wildman–Crippen MR) is 106 cm³/mol. The van der Waals surface area contributed by atoms with E-state index >= 15 is 0 Å². The molecule has 2 aromatic carbocycles. The molecule has 0 aliphatic heterocycles. The topological polar surface area (TPSA) is 42.2 Å². The van der Waals surface area contributed by atoms with Gasteiger partial charge in [0.2, 0.25) is 0 Å². The highest BCUT2D eigenvalue weighted by molar-refractivity contribution is 9.10. The molecule has 0 aliphatic rings. The number of rotatable bonds is 7. The van der Waals surface area contributed by atoms with Crippen LogP contribution in [0, 0.1) is 11.3 Å². The first-order valence-electron chi connectivity index (χ1n) is 8.05. The van der Waals surface area contributed by atoms with Gasteiger partial charge in [0.05, 0.1) is 24.9 Å². The number of nitrogens with zero attached hydrogens (tertiary/aromatic N) is 1. The number of allylic oxidation sites excluding steroid dienone is 1. The Kier molecular flexibility index (Phi) is 7.36. The Labute approximate surface area is 162 Å². The minimum Gasteiger partial charge on any atom is -0.490 e. The molecular formula is C20H19BrClNO2. The maximum atomic E-state index is 9.52. The maximum absolute atomic E-state index is 9.52. The average molecular weight is 421 g/mol. The quantitative estimate of drug-likeness (QED) is 0.387. The molecule has 0 N–H and O–H groups in total. The summed E-state index contributed by atoms with van der Waals surface area (Å²) in [5.74, 6) is 1.36. The Morgan fingerprint density at radius 1 is 1.16 bits per heavy atom. The van der Waals surface area contributed by atoms with Crippen molar-refractivity contribution in [3.63, 3.8) is 0 Å². The van der Waals surface area contributed by atoms with Crippen LogP contribution in [-0.4, -0.2) is 13.2 Å². The zero-order valence-corrected chi connectivity index (χ0v) is 16.5. The molecule has 25 heavy (non-hydrogen) atoms. The van der Waals surface area contributed by atoms with Gasteiger partial charge in [-0.1, -0.05) is 46.6 Å². The minimum atomic E-state index is 0.537. The third-order valence-corrected chi connectivity index (χ3v) is 4.34. The van der Waals surface area contributed by atoms with E-state index in [1.165, 1.54) is 0 Å². The van der Waals surface area contributed by atoms with Crippen molar-refractivity contribution in [3.8, 4) is 17.6 Å². The van der Waals surface area contributed by atoms with Crippen LogP contribution in [0.4, 0.5) is 0 Å². The second-order valence-corrected chi connectivity index (χ2v) is 6.57. The highest BCUT2D eigenvalue weighted by atomic mass is 79.9. The van der Waals surface area contributed by atoms with Crippen molar-refractivity contribution >= 4 is 39.2 Å². The predicted octanol–water partition coefficient (Wildman–Crippen LogP) is 6.35. The van der Waals surface area contributed by atoms with Crippen LogP contribution >= 0.6 is 27.5 Å². The summed E-state index contributed by atoms with van der Waals surface area (Å²) < 4.78 is 12.3. The first-order valence-corrected chi connectivity index (χ1v) is 9.23. The summed E-state index contributed by atoms with van der Waals surface area (Å²) in [6.45, 7) is 5.14. The summed E-state index contributed by atoms with van der Waals surface area (Å²) in [5, 5.41) is 10.2. The molecule has 0 spiro atoms. The van der Waals surface area contributed by atoms with E-state index in [0.29, 0.717) is 35.3 Å². The molecule has 0 aromatic heterocycles. The van der Waals surface area contributed by atoms with E-state index in [-0.39, 0.29) is 0 Å². The molecule has 0 amide bonds. The Morgan fingerprint density at radius 2 is 1.84 bits per heavy atom. The van der Waals surface area contributed by atoms with Crippen LogP contribution in [0.3, 0.4) is 0 Å². The van der Waals surface area contributed by atoms with E-state index in [1.807, 2.05) is 37.3 Å². The first kappa shape index (κ1) is 19.4. The van der Waals surface area contributed by atoms with E-state index in [0.717, 1.165) is 22.0 Å². The number of nitriles is 1. The van der Waals surface area contributed by atoms with E-state index < -0.39 is 0 Å². The fraction of sp³-hybridized carbons (Fsp3) is 0.250. The van der Waals surface area contributed by atoms with Crippen molar-refractivity contribution in [2.24, 2.45) is 0 Å². The number of hydrogen-bond donors (Lipinski definition) is 0. The van der Waals surface area contributed by atoms with Crippen LogP contribution in [-0.2, 0) is 0 Å². The second-order valence-electron chi connectivity index (χ2n) is 5.28. The van der Waals surface area contributed by atoms with Crippen LogP contribution in [0.25, 0.3) is 11.6 Å². The number of benzene rings is 2. The Balaban J connectivity index is 2.44. The molecule has 0 radical (unpaired) electrons. The number of hydrogen-bond acceptors (Lipinski definition) is 3. The highest BCUT2D eigenvalue weighted by Gasteiger charge is 2.11. The summed E-state index contributed by atoms with van der Waals surface area (Å²) in [7, 11) is 0. The molecule has 0 unspecified atom stereocenters. The molecule has 0 fully saturated rings. The monoisotopic (exact) mass is 419 g/mol. The van der Waals surface area contributed by atoms with Crippen molar-refractivity contribution in [2.75, 3.05) is 13.2 Å². The molecule has 0 saturated carbocycles. The van der Waals surface area contributed by atoms with Crippen LogP contribution in [0.2, 0.25) is 5.02 Å². The Bertz CT molecular complexity index is 795. The molecule has 2 aromatic rings. The fourth-order valence-corrected chi connectivity index (χ4v) is 2.78. The lowest BCUT2D eigenvalue weighted by Gasteiger charge is -2.13. The van der Waals surface area contributed by atoms with E-state index in [2.05, 4.69) is 28.9 Å². The van der Waals surface area contributed by atoms with Crippen LogP contribution in [0.15, 0.2) is 40.9 Å². The van der Waals surface area contributed by atoms with Gasteiger partial charge in [-0.3, -0.25) is 0 Å². The normalized spacial score (nSPS) is 11.1. The van der Waals surface area contributed by atoms with E-state index in [9.17, 15) is 5.26 Å². The van der Waals surface area contributed by atoms with E-state index in [4.69, 9.17) is 21.1 Å². The molecule has 3 nitrogen and oxygen atoms in total. The SMILES string of the molecule is CCCOc1cc(Br)c(/C=C(\C#N)c2ccc(Cl)cc2)cc1OCC. The van der Waals surface area contributed by atoms with Gasteiger partial charge in [0, 0.05) is 9.50 Å². The van der Waals surface area contributed by atoms with Gasteiger partial charge < -0.3 is 9.47 Å². The summed E-state index contributed by atoms with van der Waals surface area (Å²) >= 11 is 9.47. The smallest absolute Gasteiger partial charge is 0.162 e. The van der Waals surface area contributed by atoms with Crippen molar-refractivity contribution < 1.29 is 9.47 Å². The Hall–Kier alpha value is -1.96. The van der Waals surface area contributed by atoms with Crippen molar-refractivity contribution in [3.05, 3.63) is 57.0 Å². The van der Waals surface area contributed by atoms with Gasteiger partial charge in [0.25, 0.3) is 0 Å². The summed E-state index contributed by atoms with van der Waals surface area (Å²) in [6, 6.07) is 13.2. The zero-order chi connectivity index (χ0) is 18.2. The largest absolute Gasteiger partial charge is 0.490 e. The average Bonchev–Trinajstić information content (AvgIpc) is 2.61. The van der Waals surface area contributed by atoms with Crippen molar-refractivity contribution in [2.45, 2.75) is 20.3 Å². The third-order valence-electron chi connectivity index (χ3n) is 3.40. The highest BCUT2D eigenvalue weighted by Crippen LogP contribution is 2.35. The maximum Gasteiger partial charge on any atom is 0.162 e. The first-order chi connectivity index (χ1) is 12.1. The lowest BCUT2D eigenvalue weighted by molar-refractivity contribution is 0.276. The van der Waals surface area contributed by atoms with Gasteiger partial charge >= 0.3 is 0 Å². The molecular weight excluding hydrogens is 402 g/mol. The van der Waals surface area contributed by atoms with Gasteiger partial charge in [0.15, 0.2) is 11.5 Å². The molecule has 0 bridgehead atoms. The molecule has 130 valence electrons. The zero-order valence-electron chi connectivity index (χ0n) is 14.2. The van der Waals surface area contributed by atoms with Crippen LogP contribution in [0.1, 0.15) is 31.4 Å². The number of halogens is 2. The van der Waals surface area contributed by atoms with Gasteiger partial charge in [-0.15, -0.1) is 0 Å². The summed E-state index contributed by atoms with van der Waals surface area (Å²) in [4.78, 5) is 0. The molecule has 0 atom stereocenters. The molecule has 0 aliphatic carbocycles. The minimum absolute atomic E-state index is 0.537. The van der Waals surface area contributed by atoms with Crippen LogP contribution < -0.4 is 9.47 Å².